The van der Waals surface area contributed by atoms with Gasteiger partial charge in [-0.3, -0.25) is 14.4 Å². The first-order valence-electron chi connectivity index (χ1n) is 12.3. The Balaban J connectivity index is 1.74. The molecule has 196 valence electrons. The van der Waals surface area contributed by atoms with E-state index < -0.39 is 53.3 Å². The van der Waals surface area contributed by atoms with E-state index in [1.807, 2.05) is 6.07 Å². The molecule has 3 rings (SSSR count). The van der Waals surface area contributed by atoms with E-state index in [9.17, 15) is 24.0 Å². The SMILES string of the molecule is C[C@@H]1C(=O)N(N(C)C(=O)OCc2ccccc2)C(=O)[C@H]1C(=O)[C@@H](NC(=O)OC(C)(C)C)C1CCCC1. The number of hydrazine groups is 1. The summed E-state index contributed by atoms with van der Waals surface area (Å²) in [5, 5.41) is 4.12. The summed E-state index contributed by atoms with van der Waals surface area (Å²) >= 11 is 0. The van der Waals surface area contributed by atoms with Crippen LogP contribution in [-0.4, -0.2) is 58.5 Å². The lowest BCUT2D eigenvalue weighted by Gasteiger charge is -2.28. The molecule has 1 aliphatic heterocycles. The number of amides is 4. The highest BCUT2D eigenvalue weighted by Crippen LogP contribution is 2.34. The van der Waals surface area contributed by atoms with Gasteiger partial charge in [-0.25, -0.2) is 14.6 Å². The van der Waals surface area contributed by atoms with Crippen LogP contribution in [0.2, 0.25) is 0 Å². The highest BCUT2D eigenvalue weighted by Gasteiger charge is 2.54. The number of carbonyl (C=O) groups is 5. The second-order valence-electron chi connectivity index (χ2n) is 10.4. The molecular formula is C26H35N3O7. The van der Waals surface area contributed by atoms with Gasteiger partial charge in [0.2, 0.25) is 0 Å². The van der Waals surface area contributed by atoms with Crippen molar-refractivity contribution in [1.82, 2.24) is 15.3 Å². The molecule has 1 N–H and O–H groups in total. The van der Waals surface area contributed by atoms with Gasteiger partial charge in [0.25, 0.3) is 11.8 Å². The lowest BCUT2D eigenvalue weighted by molar-refractivity contribution is -0.154. The maximum Gasteiger partial charge on any atom is 0.429 e. The number of Topliss-reactive ketones (excluding diaryl/α,β-unsaturated/α-hetero) is 1. The lowest BCUT2D eigenvalue weighted by atomic mass is 9.83. The van der Waals surface area contributed by atoms with Gasteiger partial charge in [-0.2, -0.15) is 5.01 Å². The molecule has 2 aliphatic rings. The van der Waals surface area contributed by atoms with E-state index >= 15 is 0 Å². The standard InChI is InChI=1S/C26H35N3O7/c1-16-19(21(30)20(18-13-9-10-14-18)27-24(33)36-26(2,3)4)23(32)29(22(16)31)28(5)25(34)35-15-17-11-7-6-8-12-17/h6-8,11-12,16,18-20H,9-10,13-15H2,1-5H3,(H,27,33)/t16-,19+,20-/m0/s1. The first-order valence-corrected chi connectivity index (χ1v) is 12.3. The molecule has 2 fully saturated rings. The van der Waals surface area contributed by atoms with Crippen molar-refractivity contribution >= 4 is 29.8 Å². The van der Waals surface area contributed by atoms with E-state index in [-0.39, 0.29) is 12.5 Å². The Morgan fingerprint density at radius 2 is 1.69 bits per heavy atom. The van der Waals surface area contributed by atoms with Crippen molar-refractivity contribution in [3.8, 4) is 0 Å². The molecule has 3 atom stereocenters. The number of alkyl carbamates (subject to hydrolysis) is 1. The maximum atomic E-state index is 13.6. The number of carbonyl (C=O) groups excluding carboxylic acids is 5. The van der Waals surface area contributed by atoms with Crippen molar-refractivity contribution < 1.29 is 33.4 Å². The van der Waals surface area contributed by atoms with Crippen molar-refractivity contribution in [2.75, 3.05) is 7.05 Å². The van der Waals surface area contributed by atoms with Crippen LogP contribution in [0.5, 0.6) is 0 Å². The van der Waals surface area contributed by atoms with Crippen LogP contribution < -0.4 is 5.32 Å². The van der Waals surface area contributed by atoms with E-state index in [0.717, 1.165) is 23.4 Å². The van der Waals surface area contributed by atoms with E-state index in [0.29, 0.717) is 17.9 Å². The summed E-state index contributed by atoms with van der Waals surface area (Å²) < 4.78 is 10.6. The predicted molar refractivity (Wildman–Crippen MR) is 129 cm³/mol. The third kappa shape index (κ3) is 6.22. The Hall–Kier alpha value is -3.43. The lowest BCUT2D eigenvalue weighted by Crippen LogP contribution is -2.52. The minimum atomic E-state index is -1.33. The van der Waals surface area contributed by atoms with E-state index in [1.54, 1.807) is 45.0 Å². The minimum Gasteiger partial charge on any atom is -0.444 e. The summed E-state index contributed by atoms with van der Waals surface area (Å²) in [6.45, 7) is 6.58. The molecule has 4 amide bonds. The van der Waals surface area contributed by atoms with E-state index in [2.05, 4.69) is 5.32 Å². The summed E-state index contributed by atoms with van der Waals surface area (Å²) in [6.07, 6.45) is 1.57. The smallest absolute Gasteiger partial charge is 0.429 e. The van der Waals surface area contributed by atoms with Crippen LogP contribution in [0.25, 0.3) is 0 Å². The Morgan fingerprint density at radius 3 is 2.28 bits per heavy atom. The zero-order valence-electron chi connectivity index (χ0n) is 21.5. The number of benzene rings is 1. The summed E-state index contributed by atoms with van der Waals surface area (Å²) in [5.74, 6) is -4.54. The molecule has 1 saturated carbocycles. The fraction of sp³-hybridized carbons (Fsp3) is 0.577. The highest BCUT2D eigenvalue weighted by molar-refractivity contribution is 6.16. The third-order valence-electron chi connectivity index (χ3n) is 6.50. The monoisotopic (exact) mass is 501 g/mol. The number of nitrogens with zero attached hydrogens (tertiary/aromatic N) is 2. The average molecular weight is 502 g/mol. The number of ketones is 1. The van der Waals surface area contributed by atoms with Gasteiger partial charge in [0.15, 0.2) is 5.78 Å². The number of imide groups is 1. The molecule has 1 heterocycles. The Morgan fingerprint density at radius 1 is 1.08 bits per heavy atom. The molecule has 0 spiro atoms. The molecule has 1 saturated heterocycles. The summed E-state index contributed by atoms with van der Waals surface area (Å²) in [5.41, 5.74) is -0.0215. The molecule has 36 heavy (non-hydrogen) atoms. The molecule has 0 aromatic heterocycles. The van der Waals surface area contributed by atoms with Gasteiger partial charge in [-0.1, -0.05) is 50.1 Å². The molecule has 1 aliphatic carbocycles. The average Bonchev–Trinajstić information content (AvgIpc) is 3.41. The molecular weight excluding hydrogens is 466 g/mol. The zero-order chi connectivity index (χ0) is 26.6. The highest BCUT2D eigenvalue weighted by atomic mass is 16.6. The van der Waals surface area contributed by atoms with E-state index in [4.69, 9.17) is 9.47 Å². The van der Waals surface area contributed by atoms with Crippen molar-refractivity contribution in [3.63, 3.8) is 0 Å². The van der Waals surface area contributed by atoms with Gasteiger partial charge in [0.1, 0.15) is 18.1 Å². The topological polar surface area (TPSA) is 122 Å². The number of ether oxygens (including phenoxy) is 2. The minimum absolute atomic E-state index is 0.0400. The molecule has 0 bridgehead atoms. The number of hydrogen-bond donors (Lipinski definition) is 1. The van der Waals surface area contributed by atoms with Crippen LogP contribution in [0.15, 0.2) is 30.3 Å². The van der Waals surface area contributed by atoms with Gasteiger partial charge in [0.05, 0.1) is 12.0 Å². The molecule has 0 radical (unpaired) electrons. The third-order valence-corrected chi connectivity index (χ3v) is 6.50. The molecule has 1 aromatic rings. The van der Waals surface area contributed by atoms with Gasteiger partial charge < -0.3 is 14.8 Å². The summed E-state index contributed by atoms with van der Waals surface area (Å²) in [7, 11) is 1.25. The molecule has 10 heteroatoms. The zero-order valence-corrected chi connectivity index (χ0v) is 21.5. The largest absolute Gasteiger partial charge is 0.444 e. The van der Waals surface area contributed by atoms with Crippen LogP contribution in [0.3, 0.4) is 0 Å². The molecule has 0 unspecified atom stereocenters. The Kier molecular flexibility index (Phi) is 8.37. The van der Waals surface area contributed by atoms with Crippen molar-refractivity contribution in [1.29, 1.82) is 0 Å². The Bertz CT molecular complexity index is 999. The van der Waals surface area contributed by atoms with Crippen LogP contribution in [0, 0.1) is 17.8 Å². The van der Waals surface area contributed by atoms with Crippen molar-refractivity contribution in [3.05, 3.63) is 35.9 Å². The Labute approximate surface area is 211 Å². The van der Waals surface area contributed by atoms with Crippen LogP contribution >= 0.6 is 0 Å². The van der Waals surface area contributed by atoms with E-state index in [1.165, 1.54) is 14.0 Å². The van der Waals surface area contributed by atoms with Gasteiger partial charge in [-0.05, 0) is 45.1 Å². The normalized spacial score (nSPS) is 21.3. The van der Waals surface area contributed by atoms with Crippen molar-refractivity contribution in [2.24, 2.45) is 17.8 Å². The second kappa shape index (κ2) is 11.1. The summed E-state index contributed by atoms with van der Waals surface area (Å²) in [4.78, 5) is 65.1. The van der Waals surface area contributed by atoms with Crippen LogP contribution in [0.4, 0.5) is 9.59 Å². The first kappa shape index (κ1) is 27.2. The number of hydrogen-bond acceptors (Lipinski definition) is 7. The quantitative estimate of drug-likeness (QED) is 0.448. The molecule has 1 aromatic carbocycles. The van der Waals surface area contributed by atoms with Gasteiger partial charge >= 0.3 is 12.2 Å². The van der Waals surface area contributed by atoms with Gasteiger partial charge in [-0.15, -0.1) is 0 Å². The fourth-order valence-corrected chi connectivity index (χ4v) is 4.69. The molecule has 10 nitrogen and oxygen atoms in total. The number of nitrogens with one attached hydrogen (secondary N) is 1. The second-order valence-corrected chi connectivity index (χ2v) is 10.4. The van der Waals surface area contributed by atoms with Crippen LogP contribution in [0.1, 0.15) is 58.9 Å². The maximum absolute atomic E-state index is 13.6. The summed E-state index contributed by atoms with van der Waals surface area (Å²) in [6, 6.07) is 8.00. The van der Waals surface area contributed by atoms with Crippen LogP contribution in [-0.2, 0) is 30.5 Å². The van der Waals surface area contributed by atoms with Crippen molar-refractivity contribution in [2.45, 2.75) is 71.6 Å². The van der Waals surface area contributed by atoms with Gasteiger partial charge in [0, 0.05) is 7.05 Å². The first-order chi connectivity index (χ1) is 16.9. The predicted octanol–water partition coefficient (Wildman–Crippen LogP) is 3.44. The number of rotatable bonds is 7. The fourth-order valence-electron chi connectivity index (χ4n) is 4.69.